The van der Waals surface area contributed by atoms with Gasteiger partial charge in [-0.2, -0.15) is 0 Å². The normalized spacial score (nSPS) is 19.5. The molecule has 8 heteroatoms. The van der Waals surface area contributed by atoms with Crippen LogP contribution < -0.4 is 10.6 Å². The first kappa shape index (κ1) is 24.6. The summed E-state index contributed by atoms with van der Waals surface area (Å²) in [5.41, 5.74) is 2.88. The maximum absolute atomic E-state index is 12.7. The van der Waals surface area contributed by atoms with E-state index < -0.39 is 18.4 Å². The summed E-state index contributed by atoms with van der Waals surface area (Å²) in [6.07, 6.45) is 6.50. The number of benzene rings is 2. The van der Waals surface area contributed by atoms with Crippen molar-refractivity contribution in [2.24, 2.45) is 11.8 Å². The van der Waals surface area contributed by atoms with Crippen LogP contribution in [-0.2, 0) is 9.59 Å². The molecule has 2 aromatic carbocycles. The zero-order chi connectivity index (χ0) is 24.2. The van der Waals surface area contributed by atoms with Gasteiger partial charge in [-0.25, -0.2) is 0 Å². The Morgan fingerprint density at radius 2 is 1.65 bits per heavy atom. The van der Waals surface area contributed by atoms with Crippen LogP contribution in [-0.4, -0.2) is 36.0 Å². The van der Waals surface area contributed by atoms with Crippen molar-refractivity contribution in [1.29, 1.82) is 0 Å². The summed E-state index contributed by atoms with van der Waals surface area (Å²) in [5, 5.41) is 15.2. The van der Waals surface area contributed by atoms with E-state index in [4.69, 9.17) is 28.3 Å². The fraction of sp³-hybridized carbons (Fsp3) is 0.423. The number of rotatable bonds is 7. The Bertz CT molecular complexity index is 1060. The Hall–Kier alpha value is -2.57. The van der Waals surface area contributed by atoms with Crippen molar-refractivity contribution in [3.05, 3.63) is 57.6 Å². The molecular weight excluding hydrogens is 475 g/mol. The van der Waals surface area contributed by atoms with Crippen LogP contribution in [0.2, 0.25) is 10.0 Å². The second-order valence-electron chi connectivity index (χ2n) is 9.12. The summed E-state index contributed by atoms with van der Waals surface area (Å²) >= 11 is 13.7. The third-order valence-electron chi connectivity index (χ3n) is 6.98. The first-order valence-electron chi connectivity index (χ1n) is 11.7. The van der Waals surface area contributed by atoms with Gasteiger partial charge in [-0.05, 0) is 66.1 Å². The van der Waals surface area contributed by atoms with Gasteiger partial charge in [-0.3, -0.25) is 14.4 Å². The lowest BCUT2D eigenvalue weighted by molar-refractivity contribution is -0.135. The molecule has 2 fully saturated rings. The van der Waals surface area contributed by atoms with Crippen molar-refractivity contribution in [2.45, 2.75) is 44.4 Å². The highest BCUT2D eigenvalue weighted by molar-refractivity contribution is 6.36. The fourth-order valence-corrected chi connectivity index (χ4v) is 6.09. The maximum atomic E-state index is 12.7. The Morgan fingerprint density at radius 3 is 2.21 bits per heavy atom. The standard InChI is InChI=1S/C26H28Cl2N2O4/c27-20-12-18(15-6-8-17(9-7-15)25(33)30-14-22(31)32)13-21(28)24(20)23(16-4-2-1-3-5-16)19-10-11-29-26(19)34/h6-9,12-13,16,19,23H,1-5,10-11,14H2,(H,29,34)(H,30,33)(H,31,32). The summed E-state index contributed by atoms with van der Waals surface area (Å²) in [5.74, 6) is -1.21. The summed E-state index contributed by atoms with van der Waals surface area (Å²) in [7, 11) is 0. The summed E-state index contributed by atoms with van der Waals surface area (Å²) < 4.78 is 0. The third kappa shape index (κ3) is 5.39. The quantitative estimate of drug-likeness (QED) is 0.480. The maximum Gasteiger partial charge on any atom is 0.322 e. The number of amides is 2. The van der Waals surface area contributed by atoms with Crippen molar-refractivity contribution in [2.75, 3.05) is 13.1 Å². The lowest BCUT2D eigenvalue weighted by Gasteiger charge is -2.34. The number of hydrogen-bond acceptors (Lipinski definition) is 3. The third-order valence-corrected chi connectivity index (χ3v) is 7.60. The van der Waals surface area contributed by atoms with E-state index in [2.05, 4.69) is 10.6 Å². The van der Waals surface area contributed by atoms with Crippen LogP contribution in [0.4, 0.5) is 0 Å². The lowest BCUT2D eigenvalue weighted by Crippen LogP contribution is -2.30. The SMILES string of the molecule is O=C(O)CNC(=O)c1ccc(-c2cc(Cl)c(C(C3CCCCC3)C3CCNC3=O)c(Cl)c2)cc1. The second-order valence-corrected chi connectivity index (χ2v) is 9.93. The molecule has 2 atom stereocenters. The van der Waals surface area contributed by atoms with E-state index >= 15 is 0 Å². The smallest absolute Gasteiger partial charge is 0.322 e. The monoisotopic (exact) mass is 502 g/mol. The highest BCUT2D eigenvalue weighted by atomic mass is 35.5. The van der Waals surface area contributed by atoms with Gasteiger partial charge in [-0.1, -0.05) is 54.6 Å². The van der Waals surface area contributed by atoms with Crippen LogP contribution in [0.1, 0.15) is 60.4 Å². The van der Waals surface area contributed by atoms with Crippen molar-refractivity contribution >= 4 is 41.0 Å². The number of carbonyl (C=O) groups excluding carboxylic acids is 2. The van der Waals surface area contributed by atoms with E-state index in [1.165, 1.54) is 6.42 Å². The first-order chi connectivity index (χ1) is 16.3. The minimum Gasteiger partial charge on any atom is -0.480 e. The molecule has 1 aliphatic heterocycles. The van der Waals surface area contributed by atoms with E-state index in [-0.39, 0.29) is 17.7 Å². The van der Waals surface area contributed by atoms with Gasteiger partial charge in [0.1, 0.15) is 6.54 Å². The molecule has 1 saturated heterocycles. The fourth-order valence-electron chi connectivity index (χ4n) is 5.36. The van der Waals surface area contributed by atoms with Gasteiger partial charge in [0.2, 0.25) is 5.91 Å². The number of aliphatic carboxylic acids is 1. The molecule has 180 valence electrons. The van der Waals surface area contributed by atoms with Crippen molar-refractivity contribution < 1.29 is 19.5 Å². The number of nitrogens with one attached hydrogen (secondary N) is 2. The number of carboxylic acid groups (broad SMARTS) is 1. The predicted molar refractivity (Wildman–Crippen MR) is 132 cm³/mol. The average Bonchev–Trinajstić information content (AvgIpc) is 3.25. The zero-order valence-electron chi connectivity index (χ0n) is 18.8. The summed E-state index contributed by atoms with van der Waals surface area (Å²) in [4.78, 5) is 35.4. The largest absolute Gasteiger partial charge is 0.480 e. The van der Waals surface area contributed by atoms with Crippen LogP contribution in [0, 0.1) is 11.8 Å². The Morgan fingerprint density at radius 1 is 1.00 bits per heavy atom. The molecule has 0 bridgehead atoms. The molecule has 2 aliphatic rings. The summed E-state index contributed by atoms with van der Waals surface area (Å²) in [6.45, 7) is 0.251. The van der Waals surface area contributed by atoms with Crippen LogP contribution in [0.3, 0.4) is 0 Å². The van der Waals surface area contributed by atoms with Crippen LogP contribution in [0.5, 0.6) is 0 Å². The lowest BCUT2D eigenvalue weighted by atomic mass is 9.70. The van der Waals surface area contributed by atoms with E-state index in [1.807, 2.05) is 12.1 Å². The van der Waals surface area contributed by atoms with Crippen LogP contribution in [0.25, 0.3) is 11.1 Å². The minimum absolute atomic E-state index is 0.00263. The van der Waals surface area contributed by atoms with Crippen LogP contribution in [0.15, 0.2) is 36.4 Å². The van der Waals surface area contributed by atoms with Crippen molar-refractivity contribution in [3.8, 4) is 11.1 Å². The van der Waals surface area contributed by atoms with Gasteiger partial charge in [0.15, 0.2) is 0 Å². The average molecular weight is 503 g/mol. The van der Waals surface area contributed by atoms with E-state index in [0.717, 1.165) is 48.8 Å². The molecule has 2 amide bonds. The number of hydrogen-bond donors (Lipinski definition) is 3. The molecule has 6 nitrogen and oxygen atoms in total. The molecule has 0 aromatic heterocycles. The first-order valence-corrected chi connectivity index (χ1v) is 12.5. The number of carbonyl (C=O) groups is 3. The van der Waals surface area contributed by atoms with Gasteiger partial charge in [-0.15, -0.1) is 0 Å². The highest BCUT2D eigenvalue weighted by Crippen LogP contribution is 2.48. The molecule has 2 unspecified atom stereocenters. The topological polar surface area (TPSA) is 95.5 Å². The molecule has 4 rings (SSSR count). The van der Waals surface area contributed by atoms with Crippen molar-refractivity contribution in [3.63, 3.8) is 0 Å². The molecule has 3 N–H and O–H groups in total. The van der Waals surface area contributed by atoms with Gasteiger partial charge >= 0.3 is 5.97 Å². The van der Waals surface area contributed by atoms with Gasteiger partial charge in [0.05, 0.1) is 0 Å². The Labute approximate surface area is 209 Å². The molecule has 34 heavy (non-hydrogen) atoms. The molecule has 1 saturated carbocycles. The molecule has 0 radical (unpaired) electrons. The van der Waals surface area contributed by atoms with E-state index in [0.29, 0.717) is 28.1 Å². The number of carboxylic acids is 1. The van der Waals surface area contributed by atoms with Gasteiger partial charge in [0, 0.05) is 34.0 Å². The minimum atomic E-state index is -1.10. The van der Waals surface area contributed by atoms with Crippen molar-refractivity contribution in [1.82, 2.24) is 10.6 Å². The highest BCUT2D eigenvalue weighted by Gasteiger charge is 2.40. The molecule has 0 spiro atoms. The van der Waals surface area contributed by atoms with Gasteiger partial charge < -0.3 is 15.7 Å². The zero-order valence-corrected chi connectivity index (χ0v) is 20.3. The summed E-state index contributed by atoms with van der Waals surface area (Å²) in [6, 6.07) is 10.6. The molecular formula is C26H28Cl2N2O4. The van der Waals surface area contributed by atoms with Gasteiger partial charge in [0.25, 0.3) is 5.91 Å². The van der Waals surface area contributed by atoms with E-state index in [9.17, 15) is 14.4 Å². The molecule has 2 aromatic rings. The number of halogens is 2. The molecule has 1 heterocycles. The Balaban J connectivity index is 1.62. The second kappa shape index (κ2) is 10.8. The van der Waals surface area contributed by atoms with Crippen LogP contribution >= 0.6 is 23.2 Å². The Kier molecular flexibility index (Phi) is 7.79. The predicted octanol–water partition coefficient (Wildman–Crippen LogP) is 5.27. The molecule has 1 aliphatic carbocycles. The van der Waals surface area contributed by atoms with E-state index in [1.54, 1.807) is 24.3 Å².